The van der Waals surface area contributed by atoms with Crippen molar-refractivity contribution in [3.8, 4) is 5.75 Å². The van der Waals surface area contributed by atoms with Gasteiger partial charge < -0.3 is 4.74 Å². The molecule has 0 saturated heterocycles. The van der Waals surface area contributed by atoms with Crippen LogP contribution in [-0.4, -0.2) is 12.9 Å². The third-order valence-electron chi connectivity index (χ3n) is 1.50. The zero-order valence-electron chi connectivity index (χ0n) is 7.30. The molecule has 0 bridgehead atoms. The number of halogens is 2. The molecule has 0 N–H and O–H groups in total. The second-order valence-corrected chi connectivity index (χ2v) is 3.97. The highest BCUT2D eigenvalue weighted by atomic mass is 79.9. The minimum absolute atomic E-state index is 0.186. The topological polar surface area (TPSA) is 26.3 Å². The first-order valence-electron chi connectivity index (χ1n) is 3.85. The molecule has 0 radical (unpaired) electrons. The summed E-state index contributed by atoms with van der Waals surface area (Å²) in [6, 6.07) is 5.22. The lowest BCUT2D eigenvalue weighted by Gasteiger charge is -2.08. The van der Waals surface area contributed by atoms with Crippen LogP contribution in [0, 0.1) is 0 Å². The maximum atomic E-state index is 10.7. The Morgan fingerprint density at radius 3 is 2.93 bits per heavy atom. The Bertz CT molecular complexity index is 363. The van der Waals surface area contributed by atoms with E-state index >= 15 is 0 Å². The zero-order valence-corrected chi connectivity index (χ0v) is 9.64. The molecule has 1 aromatic rings. The van der Waals surface area contributed by atoms with E-state index in [1.807, 2.05) is 0 Å². The molecular formula is C10H8BrClO2. The first-order valence-corrected chi connectivity index (χ1v) is 5.02. The summed E-state index contributed by atoms with van der Waals surface area (Å²) in [6.45, 7) is 3.68. The molecule has 0 aliphatic rings. The summed E-state index contributed by atoms with van der Waals surface area (Å²) in [6.07, 6.45) is 0.733. The van der Waals surface area contributed by atoms with Gasteiger partial charge in [-0.25, -0.2) is 0 Å². The predicted molar refractivity (Wildman–Crippen MR) is 60.0 cm³/mol. The molecule has 4 heteroatoms. The van der Waals surface area contributed by atoms with Crippen LogP contribution in [0.4, 0.5) is 0 Å². The Balaban J connectivity index is 2.93. The predicted octanol–water partition coefficient (Wildman–Crippen LogP) is 3.39. The molecule has 0 fully saturated rings. The Kier molecular flexibility index (Phi) is 4.17. The third kappa shape index (κ3) is 2.86. The normalized spacial score (nSPS) is 9.57. The zero-order chi connectivity index (χ0) is 10.6. The van der Waals surface area contributed by atoms with Gasteiger partial charge >= 0.3 is 0 Å². The fourth-order valence-electron chi connectivity index (χ4n) is 0.921. The highest BCUT2D eigenvalue weighted by Gasteiger charge is 2.06. The maximum Gasteiger partial charge on any atom is 0.153 e. The van der Waals surface area contributed by atoms with Crippen molar-refractivity contribution in [2.45, 2.75) is 0 Å². The number of rotatable bonds is 4. The van der Waals surface area contributed by atoms with E-state index in [0.717, 1.165) is 10.8 Å². The summed E-state index contributed by atoms with van der Waals surface area (Å²) in [5.41, 5.74) is 0.484. The second kappa shape index (κ2) is 5.17. The summed E-state index contributed by atoms with van der Waals surface area (Å²) in [7, 11) is 0. The molecule has 0 spiro atoms. The fourth-order valence-corrected chi connectivity index (χ4v) is 1.47. The van der Waals surface area contributed by atoms with Crippen LogP contribution >= 0.6 is 27.5 Å². The molecule has 2 nitrogen and oxygen atoms in total. The fraction of sp³-hybridized carbons (Fsp3) is 0.100. The molecule has 0 aliphatic heterocycles. The number of benzene rings is 1. The van der Waals surface area contributed by atoms with Crippen LogP contribution in [0.15, 0.2) is 34.3 Å². The van der Waals surface area contributed by atoms with Crippen LogP contribution < -0.4 is 4.74 Å². The van der Waals surface area contributed by atoms with Gasteiger partial charge in [0.05, 0.1) is 10.0 Å². The minimum Gasteiger partial charge on any atom is -0.486 e. The Morgan fingerprint density at radius 2 is 2.36 bits per heavy atom. The van der Waals surface area contributed by atoms with Crippen molar-refractivity contribution in [1.29, 1.82) is 0 Å². The first kappa shape index (κ1) is 11.3. The summed E-state index contributed by atoms with van der Waals surface area (Å²) >= 11 is 8.83. The van der Waals surface area contributed by atoms with Crippen molar-refractivity contribution in [3.63, 3.8) is 0 Å². The van der Waals surface area contributed by atoms with Gasteiger partial charge in [0.2, 0.25) is 0 Å². The Labute approximate surface area is 95.6 Å². The van der Waals surface area contributed by atoms with E-state index in [2.05, 4.69) is 22.5 Å². The van der Waals surface area contributed by atoms with E-state index in [1.54, 1.807) is 18.2 Å². The van der Waals surface area contributed by atoms with Crippen molar-refractivity contribution < 1.29 is 9.53 Å². The number of carbonyl (C=O) groups excluding carboxylic acids is 1. The van der Waals surface area contributed by atoms with E-state index < -0.39 is 0 Å². The van der Waals surface area contributed by atoms with E-state index in [0.29, 0.717) is 16.3 Å². The molecule has 0 aromatic heterocycles. The highest BCUT2D eigenvalue weighted by molar-refractivity contribution is 9.10. The number of hydrogen-bond donors (Lipinski definition) is 0. The van der Waals surface area contributed by atoms with Gasteiger partial charge in [0, 0.05) is 5.03 Å². The minimum atomic E-state index is 0.186. The number of para-hydroxylation sites is 1. The van der Waals surface area contributed by atoms with Gasteiger partial charge in [-0.05, 0) is 28.1 Å². The summed E-state index contributed by atoms with van der Waals surface area (Å²) in [4.78, 5) is 10.7. The van der Waals surface area contributed by atoms with Crippen molar-refractivity contribution in [3.05, 3.63) is 39.8 Å². The highest BCUT2D eigenvalue weighted by Crippen LogP contribution is 2.28. The molecule has 0 amide bonds. The van der Waals surface area contributed by atoms with Crippen LogP contribution in [0.5, 0.6) is 5.75 Å². The van der Waals surface area contributed by atoms with Gasteiger partial charge in [0.1, 0.15) is 12.4 Å². The average molecular weight is 276 g/mol. The van der Waals surface area contributed by atoms with Crippen LogP contribution in [0.2, 0.25) is 0 Å². The molecule has 0 heterocycles. The van der Waals surface area contributed by atoms with Crippen LogP contribution in [0.3, 0.4) is 0 Å². The summed E-state index contributed by atoms with van der Waals surface area (Å²) in [5, 5.41) is 0.387. The molecule has 0 unspecified atom stereocenters. The van der Waals surface area contributed by atoms with Gasteiger partial charge in [0.25, 0.3) is 0 Å². The van der Waals surface area contributed by atoms with E-state index in [9.17, 15) is 4.79 Å². The quantitative estimate of drug-likeness (QED) is 0.787. The Morgan fingerprint density at radius 1 is 1.64 bits per heavy atom. The number of aldehydes is 1. The van der Waals surface area contributed by atoms with Gasteiger partial charge in [-0.2, -0.15) is 0 Å². The third-order valence-corrected chi connectivity index (χ3v) is 2.23. The number of hydrogen-bond acceptors (Lipinski definition) is 2. The maximum absolute atomic E-state index is 10.7. The molecule has 1 rings (SSSR count). The lowest BCUT2D eigenvalue weighted by Crippen LogP contribution is -2.00. The molecule has 1 aromatic carbocycles. The molecular weight excluding hydrogens is 267 g/mol. The number of carbonyl (C=O) groups is 1. The largest absolute Gasteiger partial charge is 0.486 e. The smallest absolute Gasteiger partial charge is 0.153 e. The van der Waals surface area contributed by atoms with Crippen LogP contribution in [0.25, 0.3) is 0 Å². The van der Waals surface area contributed by atoms with Crippen molar-refractivity contribution in [1.82, 2.24) is 0 Å². The molecule has 0 saturated carbocycles. The van der Waals surface area contributed by atoms with Crippen LogP contribution in [0.1, 0.15) is 10.4 Å². The van der Waals surface area contributed by atoms with E-state index in [-0.39, 0.29) is 6.61 Å². The standard InChI is InChI=1S/C10H8BrClO2/c1-7(12)6-14-10-8(5-13)3-2-4-9(10)11/h2-5H,1,6H2. The monoisotopic (exact) mass is 274 g/mol. The number of ether oxygens (including phenoxy) is 1. The molecule has 0 aliphatic carbocycles. The summed E-state index contributed by atoms with van der Waals surface area (Å²) < 4.78 is 6.03. The van der Waals surface area contributed by atoms with Crippen molar-refractivity contribution in [2.24, 2.45) is 0 Å². The molecule has 74 valence electrons. The van der Waals surface area contributed by atoms with Gasteiger partial charge in [0.15, 0.2) is 6.29 Å². The van der Waals surface area contributed by atoms with Crippen LogP contribution in [-0.2, 0) is 0 Å². The second-order valence-electron chi connectivity index (χ2n) is 2.58. The van der Waals surface area contributed by atoms with Crippen molar-refractivity contribution in [2.75, 3.05) is 6.61 Å². The summed E-state index contributed by atoms with van der Waals surface area (Å²) in [5.74, 6) is 0.490. The van der Waals surface area contributed by atoms with Crippen molar-refractivity contribution >= 4 is 33.8 Å². The van der Waals surface area contributed by atoms with Gasteiger partial charge in [-0.15, -0.1) is 0 Å². The first-order chi connectivity index (χ1) is 6.65. The molecule has 14 heavy (non-hydrogen) atoms. The van der Waals surface area contributed by atoms with Gasteiger partial charge in [-0.3, -0.25) is 4.79 Å². The molecule has 0 atom stereocenters. The van der Waals surface area contributed by atoms with Gasteiger partial charge in [-0.1, -0.05) is 24.2 Å². The Hall–Kier alpha value is -0.800. The SMILES string of the molecule is C=C(Cl)COc1c(Br)cccc1C=O. The lowest BCUT2D eigenvalue weighted by atomic mass is 10.2. The average Bonchev–Trinajstić information content (AvgIpc) is 2.15. The van der Waals surface area contributed by atoms with E-state index in [1.165, 1.54) is 0 Å². The van der Waals surface area contributed by atoms with E-state index in [4.69, 9.17) is 16.3 Å². The lowest BCUT2D eigenvalue weighted by molar-refractivity contribution is 0.112.